The van der Waals surface area contributed by atoms with Gasteiger partial charge in [0.1, 0.15) is 5.75 Å². The molecule has 1 N–H and O–H groups in total. The van der Waals surface area contributed by atoms with Crippen molar-refractivity contribution in [1.29, 1.82) is 0 Å². The van der Waals surface area contributed by atoms with Crippen LogP contribution in [0.4, 0.5) is 0 Å². The molecular weight excluding hydrogens is 210 g/mol. The molecule has 0 aromatic heterocycles. The van der Waals surface area contributed by atoms with Gasteiger partial charge in [0.05, 0.1) is 6.61 Å². The second-order valence-corrected chi connectivity index (χ2v) is 4.12. The summed E-state index contributed by atoms with van der Waals surface area (Å²) in [5.74, 6) is 3.51. The Morgan fingerprint density at radius 2 is 2.24 bits per heavy atom. The van der Waals surface area contributed by atoms with Gasteiger partial charge in [0, 0.05) is 18.0 Å². The number of nitrogens with one attached hydrogen (secondary N) is 1. The molecule has 0 saturated heterocycles. The predicted molar refractivity (Wildman–Crippen MR) is 72.2 cm³/mol. The van der Waals surface area contributed by atoms with Gasteiger partial charge in [-0.3, -0.25) is 0 Å². The lowest BCUT2D eigenvalue weighted by molar-refractivity contribution is 0.320. The van der Waals surface area contributed by atoms with E-state index in [0.29, 0.717) is 19.1 Å². The Kier molecular flexibility index (Phi) is 5.59. The molecule has 1 aromatic carbocycles. The van der Waals surface area contributed by atoms with Crippen molar-refractivity contribution in [2.45, 2.75) is 33.2 Å². The van der Waals surface area contributed by atoms with Crippen LogP contribution in [0, 0.1) is 19.3 Å². The molecule has 0 bridgehead atoms. The number of aryl methyl sites for hydroxylation is 1. The summed E-state index contributed by atoms with van der Waals surface area (Å²) < 4.78 is 5.72. The molecule has 0 aliphatic heterocycles. The summed E-state index contributed by atoms with van der Waals surface area (Å²) >= 11 is 0. The first-order valence-corrected chi connectivity index (χ1v) is 6.09. The number of ether oxygens (including phenoxy) is 1. The van der Waals surface area contributed by atoms with E-state index in [4.69, 9.17) is 11.2 Å². The summed E-state index contributed by atoms with van der Waals surface area (Å²) in [6.45, 7) is 7.86. The maximum Gasteiger partial charge on any atom is 0.124 e. The van der Waals surface area contributed by atoms with Crippen LogP contribution in [-0.2, 0) is 0 Å². The van der Waals surface area contributed by atoms with Crippen LogP contribution in [0.1, 0.15) is 37.4 Å². The quantitative estimate of drug-likeness (QED) is 0.600. The summed E-state index contributed by atoms with van der Waals surface area (Å²) in [6, 6.07) is 6.54. The highest BCUT2D eigenvalue weighted by molar-refractivity contribution is 5.39. The first-order chi connectivity index (χ1) is 8.19. The minimum Gasteiger partial charge on any atom is -0.492 e. The summed E-state index contributed by atoms with van der Waals surface area (Å²) in [5, 5.41) is 3.40. The largest absolute Gasteiger partial charge is 0.492 e. The highest BCUT2D eigenvalue weighted by Crippen LogP contribution is 2.26. The van der Waals surface area contributed by atoms with Crippen LogP contribution in [0.15, 0.2) is 18.2 Å². The van der Waals surface area contributed by atoms with E-state index < -0.39 is 0 Å². The monoisotopic (exact) mass is 231 g/mol. The number of hydrogen-bond donors (Lipinski definition) is 1. The molecule has 0 saturated carbocycles. The Morgan fingerprint density at radius 1 is 1.47 bits per heavy atom. The molecule has 1 aromatic rings. The first kappa shape index (κ1) is 13.6. The van der Waals surface area contributed by atoms with E-state index in [-0.39, 0.29) is 0 Å². The molecule has 0 amide bonds. The Balaban J connectivity index is 2.84. The normalized spacial score (nSPS) is 11.9. The van der Waals surface area contributed by atoms with Gasteiger partial charge in [-0.25, -0.2) is 0 Å². The fourth-order valence-electron chi connectivity index (χ4n) is 1.77. The lowest BCUT2D eigenvalue weighted by Gasteiger charge is -2.18. The number of benzene rings is 1. The van der Waals surface area contributed by atoms with Crippen LogP contribution < -0.4 is 10.1 Å². The molecule has 0 aliphatic carbocycles. The zero-order valence-corrected chi connectivity index (χ0v) is 10.9. The average molecular weight is 231 g/mol. The van der Waals surface area contributed by atoms with Crippen molar-refractivity contribution in [1.82, 2.24) is 5.32 Å². The zero-order valence-electron chi connectivity index (χ0n) is 10.9. The summed E-state index contributed by atoms with van der Waals surface area (Å²) in [6.07, 6.45) is 5.86. The van der Waals surface area contributed by atoms with Gasteiger partial charge in [-0.1, -0.05) is 24.6 Å². The third-order valence-electron chi connectivity index (χ3n) is 2.65. The molecule has 0 aliphatic rings. The van der Waals surface area contributed by atoms with E-state index in [2.05, 4.69) is 44.1 Å². The predicted octanol–water partition coefficient (Wildman–Crippen LogP) is 3.07. The second kappa shape index (κ2) is 6.98. The van der Waals surface area contributed by atoms with Gasteiger partial charge in [-0.05, 0) is 26.5 Å². The molecule has 1 unspecified atom stereocenters. The van der Waals surface area contributed by atoms with Crippen LogP contribution in [0.2, 0.25) is 0 Å². The van der Waals surface area contributed by atoms with Crippen molar-refractivity contribution in [2.75, 3.05) is 13.2 Å². The summed E-state index contributed by atoms with van der Waals surface area (Å²) in [5.41, 5.74) is 2.44. The van der Waals surface area contributed by atoms with Crippen LogP contribution in [0.3, 0.4) is 0 Å². The maximum absolute atomic E-state index is 5.72. The fourth-order valence-corrected chi connectivity index (χ4v) is 1.77. The van der Waals surface area contributed by atoms with Crippen molar-refractivity contribution in [3.8, 4) is 18.1 Å². The van der Waals surface area contributed by atoms with E-state index in [0.717, 1.165) is 12.3 Å². The van der Waals surface area contributed by atoms with Gasteiger partial charge in [-0.2, -0.15) is 0 Å². The fraction of sp³-hybridized carbons (Fsp3) is 0.467. The van der Waals surface area contributed by atoms with Crippen molar-refractivity contribution in [3.05, 3.63) is 29.3 Å². The van der Waals surface area contributed by atoms with Crippen molar-refractivity contribution < 1.29 is 4.74 Å². The third kappa shape index (κ3) is 4.13. The lowest BCUT2D eigenvalue weighted by Crippen LogP contribution is -2.18. The minimum atomic E-state index is 0.292. The van der Waals surface area contributed by atoms with Gasteiger partial charge in [0.15, 0.2) is 0 Å². The summed E-state index contributed by atoms with van der Waals surface area (Å²) in [4.78, 5) is 0. The Bertz CT molecular complexity index is 392. The van der Waals surface area contributed by atoms with E-state index in [1.54, 1.807) is 0 Å². The van der Waals surface area contributed by atoms with Gasteiger partial charge < -0.3 is 10.1 Å². The topological polar surface area (TPSA) is 21.3 Å². The Labute approximate surface area is 104 Å². The highest BCUT2D eigenvalue weighted by atomic mass is 16.5. The minimum absolute atomic E-state index is 0.292. The van der Waals surface area contributed by atoms with E-state index >= 15 is 0 Å². The molecule has 0 fully saturated rings. The molecule has 92 valence electrons. The van der Waals surface area contributed by atoms with Gasteiger partial charge in [0.2, 0.25) is 0 Å². The van der Waals surface area contributed by atoms with Crippen molar-refractivity contribution >= 4 is 0 Å². The van der Waals surface area contributed by atoms with Crippen LogP contribution >= 0.6 is 0 Å². The molecule has 2 heteroatoms. The maximum atomic E-state index is 5.72. The molecule has 2 nitrogen and oxygen atoms in total. The number of rotatable bonds is 6. The first-order valence-electron chi connectivity index (χ1n) is 6.09. The standard InChI is InChI=1S/C15H21NO/c1-5-7-10-17-15-9-8-12(3)11-14(15)13(4)16-6-2/h1,8-9,11,13,16H,6-7,10H2,2-4H3. The molecular formula is C15H21NO. The third-order valence-corrected chi connectivity index (χ3v) is 2.65. The molecule has 0 radical (unpaired) electrons. The smallest absolute Gasteiger partial charge is 0.124 e. The Morgan fingerprint density at radius 3 is 2.88 bits per heavy atom. The number of terminal acetylenes is 1. The van der Waals surface area contributed by atoms with Gasteiger partial charge in [0.25, 0.3) is 0 Å². The van der Waals surface area contributed by atoms with E-state index in [9.17, 15) is 0 Å². The molecule has 17 heavy (non-hydrogen) atoms. The van der Waals surface area contributed by atoms with Crippen molar-refractivity contribution in [3.63, 3.8) is 0 Å². The zero-order chi connectivity index (χ0) is 12.7. The molecule has 1 atom stereocenters. The highest BCUT2D eigenvalue weighted by Gasteiger charge is 2.10. The van der Waals surface area contributed by atoms with Gasteiger partial charge in [-0.15, -0.1) is 12.3 Å². The van der Waals surface area contributed by atoms with Crippen LogP contribution in [0.5, 0.6) is 5.75 Å². The SMILES string of the molecule is C#CCCOc1ccc(C)cc1C(C)NCC. The average Bonchev–Trinajstić information content (AvgIpc) is 2.31. The summed E-state index contributed by atoms with van der Waals surface area (Å²) in [7, 11) is 0. The van der Waals surface area contributed by atoms with E-state index in [1.165, 1.54) is 11.1 Å². The lowest BCUT2D eigenvalue weighted by atomic mass is 10.0. The van der Waals surface area contributed by atoms with Gasteiger partial charge >= 0.3 is 0 Å². The second-order valence-electron chi connectivity index (χ2n) is 4.12. The number of hydrogen-bond acceptors (Lipinski definition) is 2. The van der Waals surface area contributed by atoms with E-state index in [1.807, 2.05) is 6.07 Å². The van der Waals surface area contributed by atoms with Crippen LogP contribution in [0.25, 0.3) is 0 Å². The molecule has 1 rings (SSSR count). The molecule has 0 spiro atoms. The Hall–Kier alpha value is -1.46. The van der Waals surface area contributed by atoms with Crippen LogP contribution in [-0.4, -0.2) is 13.2 Å². The molecule has 0 heterocycles. The van der Waals surface area contributed by atoms with Crippen molar-refractivity contribution in [2.24, 2.45) is 0 Å².